The molecule has 0 fully saturated rings. The molecule has 0 atom stereocenters. The molecule has 1 aliphatic rings. The van der Waals surface area contributed by atoms with Crippen molar-refractivity contribution in [3.8, 4) is 66.8 Å². The van der Waals surface area contributed by atoms with Crippen LogP contribution < -0.4 is 10.4 Å². The van der Waals surface area contributed by atoms with E-state index in [1.807, 2.05) is 11.8 Å². The van der Waals surface area contributed by atoms with Crippen LogP contribution in [0.15, 0.2) is 204 Å². The molecule has 248 valence electrons. The van der Waals surface area contributed by atoms with Crippen LogP contribution in [0.5, 0.6) is 0 Å². The molecule has 0 nitrogen and oxygen atoms in total. The van der Waals surface area contributed by atoms with Crippen molar-refractivity contribution in [3.63, 3.8) is 0 Å². The van der Waals surface area contributed by atoms with Crippen molar-refractivity contribution in [2.45, 2.75) is 22.9 Å². The molecule has 8 aromatic rings. The van der Waals surface area contributed by atoms with Gasteiger partial charge in [-0.05, 0) is 89.3 Å². The minimum Gasteiger partial charge on any atom is -0.0897 e. The molecule has 0 spiro atoms. The molecule has 9 rings (SSSR count). The Morgan fingerprint density at radius 2 is 0.731 bits per heavy atom. The van der Waals surface area contributed by atoms with Crippen molar-refractivity contribution in [1.29, 1.82) is 0 Å². The molecule has 0 amide bonds. The van der Waals surface area contributed by atoms with Gasteiger partial charge in [-0.2, -0.15) is 0 Å². The Labute approximate surface area is 312 Å². The van der Waals surface area contributed by atoms with Crippen molar-refractivity contribution in [3.05, 3.63) is 194 Å². The molecule has 0 bridgehead atoms. The summed E-state index contributed by atoms with van der Waals surface area (Å²) < 4.78 is 0. The highest BCUT2D eigenvalue weighted by molar-refractivity contribution is 8.00. The summed E-state index contributed by atoms with van der Waals surface area (Å²) in [5.74, 6) is 0. The van der Waals surface area contributed by atoms with Gasteiger partial charge in [-0.1, -0.05) is 207 Å². The lowest BCUT2D eigenvalue weighted by molar-refractivity contribution is 1.40. The van der Waals surface area contributed by atoms with E-state index in [0.29, 0.717) is 0 Å². The average molecular weight is 699 g/mol. The van der Waals surface area contributed by atoms with Crippen LogP contribution in [-0.4, -0.2) is 8.07 Å². The molecule has 0 unspecified atom stereocenters. The lowest BCUT2D eigenvalue weighted by atomic mass is 9.78. The molecule has 8 aromatic carbocycles. The molecule has 52 heavy (non-hydrogen) atoms. The molecule has 0 saturated carbocycles. The predicted octanol–water partition coefficient (Wildman–Crippen LogP) is 13.0. The van der Waals surface area contributed by atoms with Crippen molar-refractivity contribution in [2.24, 2.45) is 0 Å². The predicted molar refractivity (Wildman–Crippen MR) is 226 cm³/mol. The highest BCUT2D eigenvalue weighted by atomic mass is 32.2. The maximum atomic E-state index is 2.50. The Bertz CT molecular complexity index is 2420. The maximum Gasteiger partial charge on any atom is 0.115 e. The van der Waals surface area contributed by atoms with Crippen LogP contribution in [-0.2, 0) is 0 Å². The fraction of sp³-hybridized carbons (Fsp3) is 0.0400. The van der Waals surface area contributed by atoms with Gasteiger partial charge >= 0.3 is 0 Å². The zero-order chi connectivity index (χ0) is 35.1. The van der Waals surface area contributed by atoms with E-state index in [4.69, 9.17) is 0 Å². The summed E-state index contributed by atoms with van der Waals surface area (Å²) in [4.78, 5) is 2.82. The van der Waals surface area contributed by atoms with Crippen molar-refractivity contribution >= 4 is 30.2 Å². The number of hydrogen-bond donors (Lipinski definition) is 0. The van der Waals surface area contributed by atoms with Crippen LogP contribution in [0.4, 0.5) is 0 Å². The molecular formula is C50H38SSi. The van der Waals surface area contributed by atoms with Gasteiger partial charge in [-0.15, -0.1) is 0 Å². The zero-order valence-electron chi connectivity index (χ0n) is 29.4. The van der Waals surface area contributed by atoms with Gasteiger partial charge < -0.3 is 0 Å². The maximum absolute atomic E-state index is 2.50. The molecule has 1 aliphatic heterocycles. The Kier molecular flexibility index (Phi) is 8.35. The Hall–Kier alpha value is -5.67. The summed E-state index contributed by atoms with van der Waals surface area (Å²) in [5.41, 5.74) is 14.8. The van der Waals surface area contributed by atoms with Gasteiger partial charge in [0.2, 0.25) is 0 Å². The Morgan fingerprint density at radius 1 is 0.327 bits per heavy atom. The second-order valence-corrected chi connectivity index (χ2v) is 19.4. The van der Waals surface area contributed by atoms with Gasteiger partial charge in [0.05, 0.1) is 0 Å². The van der Waals surface area contributed by atoms with Gasteiger partial charge in [0.25, 0.3) is 0 Å². The topological polar surface area (TPSA) is 0 Å². The third-order valence-corrected chi connectivity index (χ3v) is 15.7. The number of hydrogen-bond acceptors (Lipinski definition) is 1. The van der Waals surface area contributed by atoms with Crippen LogP contribution in [0.25, 0.3) is 66.8 Å². The Balaban J connectivity index is 1.31. The third kappa shape index (κ3) is 5.65. The van der Waals surface area contributed by atoms with E-state index in [2.05, 4.69) is 207 Å². The van der Waals surface area contributed by atoms with E-state index < -0.39 is 8.07 Å². The smallest absolute Gasteiger partial charge is 0.0897 e. The van der Waals surface area contributed by atoms with Crippen molar-refractivity contribution in [1.82, 2.24) is 0 Å². The summed E-state index contributed by atoms with van der Waals surface area (Å²) in [6.45, 7) is 5.00. The van der Waals surface area contributed by atoms with E-state index >= 15 is 0 Å². The molecule has 0 saturated heterocycles. The van der Waals surface area contributed by atoms with E-state index in [9.17, 15) is 0 Å². The van der Waals surface area contributed by atoms with Crippen LogP contribution in [0.1, 0.15) is 0 Å². The van der Waals surface area contributed by atoms with Gasteiger partial charge in [0.15, 0.2) is 0 Å². The molecule has 2 heteroatoms. The number of fused-ring (bicyclic) bond motifs is 2. The van der Waals surface area contributed by atoms with E-state index in [-0.39, 0.29) is 0 Å². The van der Waals surface area contributed by atoms with Crippen LogP contribution in [0.2, 0.25) is 13.1 Å². The quantitative estimate of drug-likeness (QED) is 0.156. The second-order valence-electron chi connectivity index (χ2n) is 14.0. The third-order valence-electron chi connectivity index (χ3n) is 10.6. The first kappa shape index (κ1) is 32.2. The fourth-order valence-corrected chi connectivity index (χ4v) is 13.6. The molecule has 1 heterocycles. The normalized spacial score (nSPS) is 12.9. The minimum absolute atomic E-state index is 1.20. The largest absolute Gasteiger partial charge is 0.115 e. The number of benzene rings is 8. The first-order valence-corrected chi connectivity index (χ1v) is 21.8. The summed E-state index contributed by atoms with van der Waals surface area (Å²) in [6.07, 6.45) is 0. The monoisotopic (exact) mass is 698 g/mol. The van der Waals surface area contributed by atoms with Crippen molar-refractivity contribution in [2.75, 3.05) is 0 Å². The zero-order valence-corrected chi connectivity index (χ0v) is 31.2. The molecule has 0 aromatic heterocycles. The first-order chi connectivity index (χ1) is 25.6. The summed E-state index contributed by atoms with van der Waals surface area (Å²) >= 11 is 1.94. The molecule has 0 N–H and O–H groups in total. The van der Waals surface area contributed by atoms with Crippen LogP contribution in [0, 0.1) is 0 Å². The summed E-state index contributed by atoms with van der Waals surface area (Å²) in [6, 6.07) is 71.4. The first-order valence-electron chi connectivity index (χ1n) is 18.0. The van der Waals surface area contributed by atoms with Gasteiger partial charge in [-0.3, -0.25) is 0 Å². The minimum atomic E-state index is -1.85. The lowest BCUT2D eigenvalue weighted by Gasteiger charge is -2.34. The SMILES string of the molecule is C[Si]1(C)c2ccccc2Sc2c(-c3ccc(-c4c(-c5ccccc5)c(-c5ccccc5)cc(-c5ccccc5)c4-c4ccccc4)cc3)cccc21. The van der Waals surface area contributed by atoms with Gasteiger partial charge in [0.1, 0.15) is 8.07 Å². The van der Waals surface area contributed by atoms with Crippen LogP contribution in [0.3, 0.4) is 0 Å². The summed E-state index contributed by atoms with van der Waals surface area (Å²) in [5, 5.41) is 3.06. The van der Waals surface area contributed by atoms with Crippen molar-refractivity contribution < 1.29 is 0 Å². The lowest BCUT2D eigenvalue weighted by Crippen LogP contribution is -2.56. The molecule has 0 radical (unpaired) electrons. The van der Waals surface area contributed by atoms with E-state index in [1.54, 1.807) is 0 Å². The second kappa shape index (κ2) is 13.5. The highest BCUT2D eigenvalue weighted by Gasteiger charge is 2.36. The highest BCUT2D eigenvalue weighted by Crippen LogP contribution is 2.50. The van der Waals surface area contributed by atoms with E-state index in [0.717, 1.165) is 0 Å². The standard InChI is InChI=1S/C50H38SSi/c1-52(2)45-28-16-15-27-44(45)51-50-41(26-17-29-46(50)52)37-30-32-40(33-31-37)49-47(38-22-11-5-12-23-38)42(35-18-7-3-8-19-35)34-43(36-20-9-4-10-21-36)48(49)39-24-13-6-14-25-39/h3-34H,1-2H3. The summed E-state index contributed by atoms with van der Waals surface area (Å²) in [7, 11) is -1.85. The van der Waals surface area contributed by atoms with Gasteiger partial charge in [-0.25, -0.2) is 0 Å². The molecular weight excluding hydrogens is 661 g/mol. The van der Waals surface area contributed by atoms with E-state index in [1.165, 1.54) is 86.9 Å². The number of rotatable bonds is 6. The van der Waals surface area contributed by atoms with Gasteiger partial charge in [0, 0.05) is 9.79 Å². The fourth-order valence-electron chi connectivity index (χ4n) is 7.98. The van der Waals surface area contributed by atoms with Crippen LogP contribution >= 0.6 is 11.8 Å². The average Bonchev–Trinajstić information content (AvgIpc) is 3.21. The molecule has 0 aliphatic carbocycles. The Morgan fingerprint density at radius 3 is 1.27 bits per heavy atom.